The molecule has 5 heteroatoms. The topological polar surface area (TPSA) is 77.1 Å². The predicted octanol–water partition coefficient (Wildman–Crippen LogP) is 1.93. The van der Waals surface area contributed by atoms with Crippen LogP contribution in [0, 0.1) is 12.3 Å². The molecule has 0 spiro atoms. The van der Waals surface area contributed by atoms with Gasteiger partial charge in [0.2, 0.25) is 5.91 Å². The highest BCUT2D eigenvalue weighted by molar-refractivity contribution is 5.91. The predicted molar refractivity (Wildman–Crippen MR) is 84.2 cm³/mol. The number of pyridine rings is 1. The molecule has 3 N–H and O–H groups in total. The van der Waals surface area contributed by atoms with Gasteiger partial charge in [0.15, 0.2) is 0 Å². The highest BCUT2D eigenvalue weighted by atomic mass is 16.2. The maximum absolute atomic E-state index is 12.3. The van der Waals surface area contributed by atoms with E-state index in [9.17, 15) is 9.59 Å². The summed E-state index contributed by atoms with van der Waals surface area (Å²) in [5.74, 6) is -0.103. The number of aromatic nitrogens is 1. The molecule has 1 aromatic rings. The van der Waals surface area contributed by atoms with Gasteiger partial charge in [-0.2, -0.15) is 0 Å². The lowest BCUT2D eigenvalue weighted by atomic mass is 9.71. The molecule has 0 aliphatic heterocycles. The Bertz CT molecular complexity index is 571. The van der Waals surface area contributed by atoms with Gasteiger partial charge in [0.1, 0.15) is 5.69 Å². The number of nitrogens with two attached hydrogens (primary N) is 1. The van der Waals surface area contributed by atoms with Gasteiger partial charge in [0.05, 0.1) is 0 Å². The van der Waals surface area contributed by atoms with Crippen molar-refractivity contribution in [2.24, 2.45) is 18.2 Å². The smallest absolute Gasteiger partial charge is 0.274 e. The second-order valence-corrected chi connectivity index (χ2v) is 6.28. The Morgan fingerprint density at radius 2 is 2.05 bits per heavy atom. The molecule has 1 aromatic heterocycles. The van der Waals surface area contributed by atoms with E-state index in [-0.39, 0.29) is 16.9 Å². The molecule has 1 saturated carbocycles. The number of amides is 1. The average molecular weight is 291 g/mol. The lowest BCUT2D eigenvalue weighted by molar-refractivity contribution is -0.118. The first-order valence-electron chi connectivity index (χ1n) is 7.64. The van der Waals surface area contributed by atoms with Gasteiger partial charge in [-0.1, -0.05) is 19.3 Å². The van der Waals surface area contributed by atoms with Crippen molar-refractivity contribution >= 4 is 11.6 Å². The summed E-state index contributed by atoms with van der Waals surface area (Å²) in [4.78, 5) is 24.4. The monoisotopic (exact) mass is 291 g/mol. The molecular formula is C16H25N3O2. The zero-order valence-corrected chi connectivity index (χ0v) is 12.9. The van der Waals surface area contributed by atoms with Crippen molar-refractivity contribution in [1.82, 2.24) is 4.57 Å². The quantitative estimate of drug-likeness (QED) is 0.890. The van der Waals surface area contributed by atoms with Gasteiger partial charge in [-0.05, 0) is 43.4 Å². The first-order chi connectivity index (χ1) is 9.97. The largest absolute Gasteiger partial charge is 0.330 e. The van der Waals surface area contributed by atoms with Crippen molar-refractivity contribution in [2.75, 3.05) is 11.9 Å². The summed E-state index contributed by atoms with van der Waals surface area (Å²) in [5.41, 5.74) is 6.83. The number of nitrogens with one attached hydrogen (secondary N) is 1. The summed E-state index contributed by atoms with van der Waals surface area (Å²) < 4.78 is 1.47. The Balaban J connectivity index is 2.12. The Morgan fingerprint density at radius 3 is 2.67 bits per heavy atom. The van der Waals surface area contributed by atoms with Crippen molar-refractivity contribution in [1.29, 1.82) is 0 Å². The van der Waals surface area contributed by atoms with Crippen LogP contribution in [0.5, 0.6) is 0 Å². The van der Waals surface area contributed by atoms with Crippen LogP contribution in [0.2, 0.25) is 0 Å². The molecule has 0 saturated heterocycles. The van der Waals surface area contributed by atoms with Crippen molar-refractivity contribution in [2.45, 2.75) is 45.4 Å². The number of rotatable bonds is 4. The third-order valence-electron chi connectivity index (χ3n) is 4.62. The summed E-state index contributed by atoms with van der Waals surface area (Å²) in [6, 6.07) is 1.83. The molecular weight excluding hydrogens is 266 g/mol. The van der Waals surface area contributed by atoms with E-state index in [1.54, 1.807) is 13.2 Å². The Morgan fingerprint density at radius 1 is 1.38 bits per heavy atom. The normalized spacial score (nSPS) is 17.5. The maximum atomic E-state index is 12.3. The molecule has 0 bridgehead atoms. The number of aryl methyl sites for hydroxylation is 2. The molecule has 116 valence electrons. The molecule has 0 atom stereocenters. The molecule has 0 radical (unpaired) electrons. The second kappa shape index (κ2) is 6.43. The Labute approximate surface area is 125 Å². The van der Waals surface area contributed by atoms with E-state index in [0.717, 1.165) is 31.2 Å². The molecule has 1 heterocycles. The van der Waals surface area contributed by atoms with Crippen molar-refractivity contribution in [3.8, 4) is 0 Å². The number of carbonyl (C=O) groups is 1. The van der Waals surface area contributed by atoms with Crippen LogP contribution in [0.25, 0.3) is 0 Å². The molecule has 21 heavy (non-hydrogen) atoms. The lowest BCUT2D eigenvalue weighted by Crippen LogP contribution is -2.37. The van der Waals surface area contributed by atoms with Gasteiger partial charge < -0.3 is 15.6 Å². The van der Waals surface area contributed by atoms with E-state index in [0.29, 0.717) is 18.7 Å². The molecule has 1 fully saturated rings. The van der Waals surface area contributed by atoms with Crippen LogP contribution in [0.4, 0.5) is 5.69 Å². The SMILES string of the molecule is Cc1ccn(C)c(=O)c1NC(=O)CC1(CN)CCCCC1. The van der Waals surface area contributed by atoms with E-state index in [4.69, 9.17) is 5.73 Å². The second-order valence-electron chi connectivity index (χ2n) is 6.28. The summed E-state index contributed by atoms with van der Waals surface area (Å²) >= 11 is 0. The van der Waals surface area contributed by atoms with Crippen molar-refractivity contribution < 1.29 is 4.79 Å². The number of anilines is 1. The van der Waals surface area contributed by atoms with Crippen LogP contribution in [0.1, 0.15) is 44.1 Å². The van der Waals surface area contributed by atoms with Gasteiger partial charge >= 0.3 is 0 Å². The van der Waals surface area contributed by atoms with Crippen LogP contribution in [-0.4, -0.2) is 17.0 Å². The minimum Gasteiger partial charge on any atom is -0.330 e. The number of nitrogens with zero attached hydrogens (tertiary/aromatic N) is 1. The highest BCUT2D eigenvalue weighted by Gasteiger charge is 2.33. The number of hydrogen-bond acceptors (Lipinski definition) is 3. The van der Waals surface area contributed by atoms with Gasteiger partial charge in [-0.3, -0.25) is 9.59 Å². The molecule has 5 nitrogen and oxygen atoms in total. The molecule has 1 amide bonds. The number of hydrogen-bond donors (Lipinski definition) is 2. The van der Waals surface area contributed by atoms with Crippen LogP contribution in [0.15, 0.2) is 17.1 Å². The first kappa shape index (κ1) is 15.8. The third kappa shape index (κ3) is 3.53. The molecule has 2 rings (SSSR count). The minimum atomic E-state index is -0.172. The summed E-state index contributed by atoms with van der Waals surface area (Å²) in [7, 11) is 1.68. The fourth-order valence-corrected chi connectivity index (χ4v) is 3.15. The molecule has 0 aromatic carbocycles. The van der Waals surface area contributed by atoms with Crippen molar-refractivity contribution in [3.63, 3.8) is 0 Å². The van der Waals surface area contributed by atoms with Crippen LogP contribution < -0.4 is 16.6 Å². The van der Waals surface area contributed by atoms with E-state index >= 15 is 0 Å². The van der Waals surface area contributed by atoms with E-state index in [1.807, 2.05) is 13.0 Å². The summed E-state index contributed by atoms with van der Waals surface area (Å²) in [6.07, 6.45) is 7.61. The van der Waals surface area contributed by atoms with Crippen LogP contribution in [-0.2, 0) is 11.8 Å². The van der Waals surface area contributed by atoms with Gasteiger partial charge in [-0.25, -0.2) is 0 Å². The fourth-order valence-electron chi connectivity index (χ4n) is 3.15. The van der Waals surface area contributed by atoms with E-state index < -0.39 is 0 Å². The minimum absolute atomic E-state index is 0.0871. The Hall–Kier alpha value is -1.62. The first-order valence-corrected chi connectivity index (χ1v) is 7.64. The summed E-state index contributed by atoms with van der Waals surface area (Å²) in [5, 5.41) is 2.80. The standard InChI is InChI=1S/C16H25N3O2/c1-12-6-9-19(2)15(21)14(12)18-13(20)10-16(11-17)7-4-3-5-8-16/h6,9H,3-5,7-8,10-11,17H2,1-2H3,(H,18,20). The van der Waals surface area contributed by atoms with Gasteiger partial charge in [0.25, 0.3) is 5.56 Å². The van der Waals surface area contributed by atoms with Crippen LogP contribution in [0.3, 0.4) is 0 Å². The zero-order chi connectivity index (χ0) is 15.5. The van der Waals surface area contributed by atoms with E-state index in [1.165, 1.54) is 11.0 Å². The average Bonchev–Trinajstić information content (AvgIpc) is 2.48. The molecule has 0 unspecified atom stereocenters. The zero-order valence-electron chi connectivity index (χ0n) is 12.9. The third-order valence-corrected chi connectivity index (χ3v) is 4.62. The van der Waals surface area contributed by atoms with Crippen molar-refractivity contribution in [3.05, 3.63) is 28.2 Å². The summed E-state index contributed by atoms with van der Waals surface area (Å²) in [6.45, 7) is 2.36. The Kier molecular flexibility index (Phi) is 4.83. The highest BCUT2D eigenvalue weighted by Crippen LogP contribution is 2.38. The van der Waals surface area contributed by atoms with Gasteiger partial charge in [0, 0.05) is 19.7 Å². The maximum Gasteiger partial charge on any atom is 0.274 e. The fraction of sp³-hybridized carbons (Fsp3) is 0.625. The number of carbonyl (C=O) groups excluding carboxylic acids is 1. The van der Waals surface area contributed by atoms with E-state index in [2.05, 4.69) is 5.32 Å². The molecule has 1 aliphatic rings. The van der Waals surface area contributed by atoms with Crippen LogP contribution >= 0.6 is 0 Å². The van der Waals surface area contributed by atoms with Gasteiger partial charge in [-0.15, -0.1) is 0 Å². The molecule has 1 aliphatic carbocycles. The lowest BCUT2D eigenvalue weighted by Gasteiger charge is -2.35.